The zero-order valence-electron chi connectivity index (χ0n) is 7.78. The van der Waals surface area contributed by atoms with Gasteiger partial charge in [0.15, 0.2) is 11.6 Å². The number of ether oxygens (including phenoxy) is 1. The Bertz CT molecular complexity index is 427. The highest BCUT2D eigenvalue weighted by atomic mass is 127. The number of halogens is 2. The van der Waals surface area contributed by atoms with Crippen LogP contribution in [-0.2, 0) is 0 Å². The van der Waals surface area contributed by atoms with Crippen molar-refractivity contribution in [2.75, 3.05) is 0 Å². The normalized spacial score (nSPS) is 10.0. The molecule has 2 rings (SSSR count). The second-order valence-electron chi connectivity index (χ2n) is 2.96. The van der Waals surface area contributed by atoms with Gasteiger partial charge in [0, 0.05) is 0 Å². The first-order valence-electron chi connectivity index (χ1n) is 4.44. The average Bonchev–Trinajstić information content (AvgIpc) is 2.24. The molecule has 1 nitrogen and oxygen atoms in total. The number of rotatable bonds is 2. The maximum Gasteiger partial charge on any atom is 0.165 e. The van der Waals surface area contributed by atoms with Crippen molar-refractivity contribution in [2.24, 2.45) is 0 Å². The quantitative estimate of drug-likeness (QED) is 0.754. The summed E-state index contributed by atoms with van der Waals surface area (Å²) in [5.74, 6) is 0.571. The zero-order chi connectivity index (χ0) is 10.7. The summed E-state index contributed by atoms with van der Waals surface area (Å²) in [5, 5.41) is 0. The molecule has 0 atom stereocenters. The summed E-state index contributed by atoms with van der Waals surface area (Å²) in [5.41, 5.74) is 0. The maximum absolute atomic E-state index is 13.3. The molecule has 0 saturated heterocycles. The van der Waals surface area contributed by atoms with Crippen molar-refractivity contribution in [1.29, 1.82) is 0 Å². The summed E-state index contributed by atoms with van der Waals surface area (Å²) in [4.78, 5) is 0. The molecule has 2 aromatic rings. The van der Waals surface area contributed by atoms with Gasteiger partial charge in [0.25, 0.3) is 0 Å². The third-order valence-corrected chi connectivity index (χ3v) is 2.78. The van der Waals surface area contributed by atoms with Gasteiger partial charge in [-0.05, 0) is 46.9 Å². The van der Waals surface area contributed by atoms with Crippen molar-refractivity contribution >= 4 is 22.6 Å². The molecule has 0 saturated carbocycles. The molecule has 0 bridgehead atoms. The molecule has 15 heavy (non-hydrogen) atoms. The molecule has 0 spiro atoms. The SMILES string of the molecule is Fc1ccccc1Oc1ccccc1I. The Labute approximate surface area is 101 Å². The number of benzene rings is 2. The monoisotopic (exact) mass is 314 g/mol. The lowest BCUT2D eigenvalue weighted by Gasteiger charge is -2.07. The van der Waals surface area contributed by atoms with Crippen molar-refractivity contribution in [3.8, 4) is 11.5 Å². The highest BCUT2D eigenvalue weighted by molar-refractivity contribution is 14.1. The first kappa shape index (κ1) is 10.4. The van der Waals surface area contributed by atoms with Gasteiger partial charge in [0.05, 0.1) is 3.57 Å². The summed E-state index contributed by atoms with van der Waals surface area (Å²) in [6, 6.07) is 13.9. The van der Waals surface area contributed by atoms with Crippen LogP contribution in [0.2, 0.25) is 0 Å². The standard InChI is InChI=1S/C12H8FIO/c13-9-5-1-3-7-11(9)15-12-8-4-2-6-10(12)14/h1-8H. The molecule has 0 N–H and O–H groups in total. The summed E-state index contributed by atoms with van der Waals surface area (Å²) < 4.78 is 19.7. The van der Waals surface area contributed by atoms with Gasteiger partial charge in [0.1, 0.15) is 5.75 Å². The van der Waals surface area contributed by atoms with E-state index in [1.807, 2.05) is 24.3 Å². The van der Waals surface area contributed by atoms with Gasteiger partial charge >= 0.3 is 0 Å². The average molecular weight is 314 g/mol. The van der Waals surface area contributed by atoms with E-state index in [0.717, 1.165) is 3.57 Å². The van der Waals surface area contributed by atoms with Gasteiger partial charge in [-0.1, -0.05) is 24.3 Å². The van der Waals surface area contributed by atoms with Crippen molar-refractivity contribution in [3.05, 3.63) is 57.9 Å². The van der Waals surface area contributed by atoms with E-state index in [0.29, 0.717) is 5.75 Å². The first-order valence-corrected chi connectivity index (χ1v) is 5.52. The van der Waals surface area contributed by atoms with E-state index in [-0.39, 0.29) is 11.6 Å². The van der Waals surface area contributed by atoms with Crippen LogP contribution in [0.25, 0.3) is 0 Å². The van der Waals surface area contributed by atoms with E-state index in [1.165, 1.54) is 6.07 Å². The fourth-order valence-electron chi connectivity index (χ4n) is 1.17. The lowest BCUT2D eigenvalue weighted by molar-refractivity contribution is 0.440. The van der Waals surface area contributed by atoms with Crippen LogP contribution in [0.5, 0.6) is 11.5 Å². The summed E-state index contributed by atoms with van der Waals surface area (Å²) >= 11 is 2.15. The van der Waals surface area contributed by atoms with Gasteiger partial charge in [-0.15, -0.1) is 0 Å². The molecule has 0 heterocycles. The molecule has 0 amide bonds. The second-order valence-corrected chi connectivity index (χ2v) is 4.13. The number of hydrogen-bond acceptors (Lipinski definition) is 1. The maximum atomic E-state index is 13.3. The van der Waals surface area contributed by atoms with Crippen LogP contribution in [0.3, 0.4) is 0 Å². The minimum Gasteiger partial charge on any atom is -0.453 e. The third-order valence-electron chi connectivity index (χ3n) is 1.89. The van der Waals surface area contributed by atoms with Gasteiger partial charge in [-0.2, -0.15) is 0 Å². The molecule has 2 aromatic carbocycles. The van der Waals surface area contributed by atoms with E-state index in [4.69, 9.17) is 4.74 Å². The largest absolute Gasteiger partial charge is 0.453 e. The molecular formula is C12H8FIO. The van der Waals surface area contributed by atoms with E-state index < -0.39 is 0 Å². The second kappa shape index (κ2) is 4.61. The van der Waals surface area contributed by atoms with Crippen molar-refractivity contribution in [1.82, 2.24) is 0 Å². The van der Waals surface area contributed by atoms with Gasteiger partial charge in [-0.3, -0.25) is 0 Å². The zero-order valence-corrected chi connectivity index (χ0v) is 9.94. The van der Waals surface area contributed by atoms with Crippen LogP contribution in [0, 0.1) is 9.39 Å². The minimum absolute atomic E-state index is 0.251. The fourth-order valence-corrected chi connectivity index (χ4v) is 1.67. The van der Waals surface area contributed by atoms with Crippen molar-refractivity contribution < 1.29 is 9.13 Å². The Morgan fingerprint density at radius 1 is 0.867 bits per heavy atom. The van der Waals surface area contributed by atoms with Crippen LogP contribution < -0.4 is 4.74 Å². The van der Waals surface area contributed by atoms with Crippen LogP contribution >= 0.6 is 22.6 Å². The van der Waals surface area contributed by atoms with Crippen LogP contribution in [0.1, 0.15) is 0 Å². The molecule has 0 aromatic heterocycles. The van der Waals surface area contributed by atoms with Crippen molar-refractivity contribution in [2.45, 2.75) is 0 Å². The molecule has 0 aliphatic rings. The van der Waals surface area contributed by atoms with Gasteiger partial charge < -0.3 is 4.74 Å². The van der Waals surface area contributed by atoms with Crippen molar-refractivity contribution in [3.63, 3.8) is 0 Å². The van der Waals surface area contributed by atoms with Crippen LogP contribution in [0.4, 0.5) is 4.39 Å². The summed E-state index contributed by atoms with van der Waals surface area (Å²) in [6.45, 7) is 0. The van der Waals surface area contributed by atoms with E-state index in [2.05, 4.69) is 22.6 Å². The van der Waals surface area contributed by atoms with Crippen LogP contribution in [0.15, 0.2) is 48.5 Å². The van der Waals surface area contributed by atoms with E-state index >= 15 is 0 Å². The molecule has 0 fully saturated rings. The lowest BCUT2D eigenvalue weighted by Crippen LogP contribution is -1.89. The predicted molar refractivity (Wildman–Crippen MR) is 65.6 cm³/mol. The van der Waals surface area contributed by atoms with Gasteiger partial charge in [0.2, 0.25) is 0 Å². The molecule has 0 aliphatic heterocycles. The topological polar surface area (TPSA) is 9.23 Å². The predicted octanol–water partition coefficient (Wildman–Crippen LogP) is 4.22. The van der Waals surface area contributed by atoms with Crippen LogP contribution in [-0.4, -0.2) is 0 Å². The Hall–Kier alpha value is -1.10. The third kappa shape index (κ3) is 2.47. The molecule has 0 aliphatic carbocycles. The highest BCUT2D eigenvalue weighted by Crippen LogP contribution is 2.27. The molecule has 0 radical (unpaired) electrons. The molecule has 0 unspecified atom stereocenters. The van der Waals surface area contributed by atoms with Gasteiger partial charge in [-0.25, -0.2) is 4.39 Å². The van der Waals surface area contributed by atoms with E-state index in [1.54, 1.807) is 18.2 Å². The molecular weight excluding hydrogens is 306 g/mol. The van der Waals surface area contributed by atoms with E-state index in [9.17, 15) is 4.39 Å². The first-order chi connectivity index (χ1) is 7.27. The minimum atomic E-state index is -0.350. The molecule has 3 heteroatoms. The Morgan fingerprint density at radius 3 is 2.13 bits per heavy atom. The number of hydrogen-bond donors (Lipinski definition) is 0. The summed E-state index contributed by atoms with van der Waals surface area (Å²) in [7, 11) is 0. The molecule has 76 valence electrons. The Kier molecular flexibility index (Phi) is 3.20. The Morgan fingerprint density at radius 2 is 1.47 bits per heavy atom. The fraction of sp³-hybridized carbons (Fsp3) is 0. The highest BCUT2D eigenvalue weighted by Gasteiger charge is 2.05. The summed E-state index contributed by atoms with van der Waals surface area (Å²) in [6.07, 6.45) is 0. The Balaban J connectivity index is 2.30. The number of para-hydroxylation sites is 2. The smallest absolute Gasteiger partial charge is 0.165 e. The lowest BCUT2D eigenvalue weighted by atomic mass is 10.3.